The van der Waals surface area contributed by atoms with Crippen molar-refractivity contribution < 1.29 is 13.9 Å². The molecule has 1 aliphatic heterocycles. The highest BCUT2D eigenvalue weighted by Gasteiger charge is 2.63. The van der Waals surface area contributed by atoms with Crippen LogP contribution in [0.25, 0.3) is 0 Å². The van der Waals surface area contributed by atoms with Gasteiger partial charge in [0.15, 0.2) is 0 Å². The van der Waals surface area contributed by atoms with E-state index < -0.39 is 17.3 Å². The summed E-state index contributed by atoms with van der Waals surface area (Å²) in [4.78, 5) is 25.0. The molecule has 1 fully saturated rings. The van der Waals surface area contributed by atoms with Crippen molar-refractivity contribution in [2.45, 2.75) is 25.5 Å². The van der Waals surface area contributed by atoms with Gasteiger partial charge in [-0.1, -0.05) is 30.1 Å². The highest BCUT2D eigenvalue weighted by Crippen LogP contribution is 2.56. The number of carbonyl (C=O) groups excluding carboxylic acids is 1. The molecule has 0 saturated heterocycles. The van der Waals surface area contributed by atoms with Crippen molar-refractivity contribution in [2.75, 3.05) is 5.32 Å². The van der Waals surface area contributed by atoms with Gasteiger partial charge in [0.05, 0.1) is 10.0 Å². The van der Waals surface area contributed by atoms with E-state index >= 15 is 0 Å². The maximum Gasteiger partial charge on any atom is 0.283 e. The quantitative estimate of drug-likeness (QED) is 0.787. The van der Waals surface area contributed by atoms with Crippen LogP contribution in [0.15, 0.2) is 29.4 Å². The smallest absolute Gasteiger partial charge is 0.283 e. The van der Waals surface area contributed by atoms with Gasteiger partial charge in [-0.2, -0.15) is 0 Å². The number of ether oxygens (including phenoxy) is 1. The molecule has 0 radical (unpaired) electrons. The average Bonchev–Trinajstić information content (AvgIpc) is 3.26. The number of nitrogens with zero attached hydrogens (tertiary/aromatic N) is 3. The van der Waals surface area contributed by atoms with E-state index in [4.69, 9.17) is 33.7 Å². The van der Waals surface area contributed by atoms with Crippen LogP contribution >= 0.6 is 23.2 Å². The van der Waals surface area contributed by atoms with Crippen LogP contribution < -0.4 is 11.1 Å². The van der Waals surface area contributed by atoms with Crippen molar-refractivity contribution >= 4 is 40.9 Å². The molecule has 2 aromatic heterocycles. The zero-order chi connectivity index (χ0) is 20.2. The van der Waals surface area contributed by atoms with Crippen molar-refractivity contribution in [3.63, 3.8) is 0 Å². The molecule has 3 heterocycles. The summed E-state index contributed by atoms with van der Waals surface area (Å²) >= 11 is 11.8. The summed E-state index contributed by atoms with van der Waals surface area (Å²) in [6.07, 6.45) is 1.18. The minimum atomic E-state index is -0.993. The third kappa shape index (κ3) is 3.06. The van der Waals surface area contributed by atoms with Gasteiger partial charge in [-0.3, -0.25) is 4.79 Å². The number of nitrogens with two attached hydrogens (primary N) is 1. The second-order valence-corrected chi connectivity index (χ2v) is 7.87. The Morgan fingerprint density at radius 3 is 2.86 bits per heavy atom. The minimum absolute atomic E-state index is 0.000819. The first kappa shape index (κ1) is 18.9. The standard InChI is InChI=1S/C18H16Cl2FN5O2/c1-7-12-14(7)28-17(22)26-18(12,2)15-10(21)3-4-11(24-15)25-16(27)13-9(20)5-8(19)6-23-13/h3-7,12,14H,1-2H3,(H2,22,26)(H,24,25,27)/t7-,12+,14-,18+/m0/s1. The molecule has 0 unspecified atom stereocenters. The number of hydrogen-bond acceptors (Lipinski definition) is 6. The summed E-state index contributed by atoms with van der Waals surface area (Å²) in [7, 11) is 0. The van der Waals surface area contributed by atoms with Crippen molar-refractivity contribution in [1.82, 2.24) is 9.97 Å². The monoisotopic (exact) mass is 423 g/mol. The van der Waals surface area contributed by atoms with E-state index in [1.807, 2.05) is 6.92 Å². The lowest BCUT2D eigenvalue weighted by Crippen LogP contribution is -2.36. The third-order valence-corrected chi connectivity index (χ3v) is 5.63. The Morgan fingerprint density at radius 1 is 1.39 bits per heavy atom. The number of pyridine rings is 2. The van der Waals surface area contributed by atoms with Gasteiger partial charge in [0.25, 0.3) is 11.9 Å². The second kappa shape index (κ2) is 6.56. The van der Waals surface area contributed by atoms with Crippen LogP contribution in [0.4, 0.5) is 10.2 Å². The number of amidine groups is 1. The van der Waals surface area contributed by atoms with Gasteiger partial charge in [-0.25, -0.2) is 19.4 Å². The molecule has 0 bridgehead atoms. The Balaban J connectivity index is 1.66. The van der Waals surface area contributed by atoms with Gasteiger partial charge in [0.1, 0.15) is 34.7 Å². The maximum absolute atomic E-state index is 14.6. The number of amides is 1. The lowest BCUT2D eigenvalue weighted by Gasteiger charge is -2.29. The number of nitrogens with one attached hydrogen (secondary N) is 1. The van der Waals surface area contributed by atoms with E-state index in [0.717, 1.165) is 0 Å². The molecule has 0 aromatic carbocycles. The van der Waals surface area contributed by atoms with E-state index in [0.29, 0.717) is 5.02 Å². The van der Waals surface area contributed by atoms with Gasteiger partial charge in [-0.05, 0) is 25.1 Å². The molecule has 146 valence electrons. The van der Waals surface area contributed by atoms with E-state index in [1.165, 1.54) is 24.4 Å². The summed E-state index contributed by atoms with van der Waals surface area (Å²) in [5.41, 5.74) is 4.85. The summed E-state index contributed by atoms with van der Waals surface area (Å²) in [5.74, 6) is -0.893. The lowest BCUT2D eigenvalue weighted by atomic mass is 9.89. The zero-order valence-electron chi connectivity index (χ0n) is 14.9. The molecule has 3 N–H and O–H groups in total. The summed E-state index contributed by atoms with van der Waals surface area (Å²) in [5, 5.41) is 2.97. The van der Waals surface area contributed by atoms with Crippen molar-refractivity contribution in [3.8, 4) is 0 Å². The Morgan fingerprint density at radius 2 is 2.14 bits per heavy atom. The number of hydrogen-bond donors (Lipinski definition) is 2. The van der Waals surface area contributed by atoms with Gasteiger partial charge in [-0.15, -0.1) is 0 Å². The first-order valence-electron chi connectivity index (χ1n) is 8.52. The zero-order valence-corrected chi connectivity index (χ0v) is 16.4. The van der Waals surface area contributed by atoms with E-state index in [9.17, 15) is 9.18 Å². The number of fused-ring (bicyclic) bond motifs is 1. The number of halogens is 3. The molecule has 1 amide bonds. The van der Waals surface area contributed by atoms with E-state index in [-0.39, 0.29) is 46.2 Å². The number of rotatable bonds is 3. The topological polar surface area (TPSA) is 102 Å². The Hall–Kier alpha value is -2.45. The van der Waals surface area contributed by atoms with Crippen LogP contribution in [-0.2, 0) is 10.3 Å². The molecular weight excluding hydrogens is 408 g/mol. The molecule has 2 aromatic rings. The SMILES string of the molecule is C[C@@H]1[C@@H]2OC(N)=N[C@@](C)(c3nc(NC(=O)c4ncc(Cl)cc4Cl)ccc3F)[C@H]12. The van der Waals surface area contributed by atoms with E-state index in [2.05, 4.69) is 20.3 Å². The van der Waals surface area contributed by atoms with Gasteiger partial charge >= 0.3 is 0 Å². The number of aliphatic imine (C=N–C) groups is 1. The predicted octanol–water partition coefficient (Wildman–Crippen LogP) is 3.37. The summed E-state index contributed by atoms with van der Waals surface area (Å²) in [6, 6.07) is 3.98. The second-order valence-electron chi connectivity index (χ2n) is 7.03. The van der Waals surface area contributed by atoms with E-state index in [1.54, 1.807) is 6.92 Å². The Labute approximate surface area is 170 Å². The van der Waals surface area contributed by atoms with Crippen LogP contribution in [0.1, 0.15) is 30.0 Å². The Kier molecular flexibility index (Phi) is 4.43. The van der Waals surface area contributed by atoms with Gasteiger partial charge in [0.2, 0.25) is 0 Å². The lowest BCUT2D eigenvalue weighted by molar-refractivity contribution is 0.102. The fraction of sp³-hybridized carbons (Fsp3) is 0.333. The van der Waals surface area contributed by atoms with Crippen molar-refractivity contribution in [2.24, 2.45) is 22.6 Å². The van der Waals surface area contributed by atoms with Gasteiger partial charge in [0, 0.05) is 18.0 Å². The summed E-state index contributed by atoms with van der Waals surface area (Å²) in [6.45, 7) is 3.75. The summed E-state index contributed by atoms with van der Waals surface area (Å²) < 4.78 is 20.1. The highest BCUT2D eigenvalue weighted by molar-refractivity contribution is 6.36. The van der Waals surface area contributed by atoms with Crippen molar-refractivity contribution in [1.29, 1.82) is 0 Å². The Bertz CT molecular complexity index is 1020. The number of carbonyl (C=O) groups is 1. The molecule has 10 heteroatoms. The predicted molar refractivity (Wildman–Crippen MR) is 103 cm³/mol. The number of aromatic nitrogens is 2. The molecule has 7 nitrogen and oxygen atoms in total. The van der Waals surface area contributed by atoms with Gasteiger partial charge < -0.3 is 15.8 Å². The molecule has 0 spiro atoms. The highest BCUT2D eigenvalue weighted by atomic mass is 35.5. The fourth-order valence-electron chi connectivity index (χ4n) is 3.74. The normalized spacial score (nSPS) is 28.0. The average molecular weight is 424 g/mol. The molecule has 1 aliphatic carbocycles. The van der Waals surface area contributed by atoms with Crippen LogP contribution in [0.3, 0.4) is 0 Å². The maximum atomic E-state index is 14.6. The fourth-order valence-corrected chi connectivity index (χ4v) is 4.21. The molecule has 2 aliphatic rings. The molecule has 28 heavy (non-hydrogen) atoms. The third-order valence-electron chi connectivity index (χ3n) is 5.14. The largest absolute Gasteiger partial charge is 0.461 e. The van der Waals surface area contributed by atoms with Crippen LogP contribution in [0.5, 0.6) is 0 Å². The number of anilines is 1. The van der Waals surface area contributed by atoms with Crippen molar-refractivity contribution in [3.05, 3.63) is 51.6 Å². The first-order chi connectivity index (χ1) is 13.2. The van der Waals surface area contributed by atoms with Crippen LogP contribution in [0, 0.1) is 17.7 Å². The van der Waals surface area contributed by atoms with Crippen LogP contribution in [0.2, 0.25) is 10.0 Å². The van der Waals surface area contributed by atoms with Crippen LogP contribution in [-0.4, -0.2) is 28.0 Å². The first-order valence-corrected chi connectivity index (χ1v) is 9.27. The minimum Gasteiger partial charge on any atom is -0.461 e. The molecule has 4 rings (SSSR count). The molecular formula is C18H16Cl2FN5O2. The molecule has 1 saturated carbocycles. The molecule has 4 atom stereocenters.